The molecule has 16 heavy (non-hydrogen) atoms. The van der Waals surface area contributed by atoms with E-state index in [1.807, 2.05) is 0 Å². The van der Waals surface area contributed by atoms with Crippen LogP contribution in [-0.4, -0.2) is 46.3 Å². The lowest BCUT2D eigenvalue weighted by Crippen LogP contribution is -2.13. The van der Waals surface area contributed by atoms with E-state index in [9.17, 15) is 4.79 Å². The predicted molar refractivity (Wildman–Crippen MR) is 55.1 cm³/mol. The number of likely N-dealkylation sites (N-methyl/N-ethyl adjacent to an activating group) is 1. The first kappa shape index (κ1) is 11.1. The van der Waals surface area contributed by atoms with Crippen LogP contribution < -0.4 is 0 Å². The van der Waals surface area contributed by atoms with E-state index in [-0.39, 0.29) is 6.42 Å². The summed E-state index contributed by atoms with van der Waals surface area (Å²) in [5, 5.41) is 12.4. The topological polar surface area (TPSA) is 79.5 Å². The van der Waals surface area contributed by atoms with Crippen molar-refractivity contribution in [3.63, 3.8) is 0 Å². The predicted octanol–water partition coefficient (Wildman–Crippen LogP) is 0.506. The summed E-state index contributed by atoms with van der Waals surface area (Å²) < 4.78 is 5.02. The zero-order valence-electron chi connectivity index (χ0n) is 9.22. The van der Waals surface area contributed by atoms with Crippen LogP contribution in [0.1, 0.15) is 30.5 Å². The van der Waals surface area contributed by atoms with Crippen molar-refractivity contribution >= 4 is 5.97 Å². The van der Waals surface area contributed by atoms with Crippen LogP contribution in [-0.2, 0) is 11.2 Å². The standard InChI is InChI=1S/C10H15N3O3/c1-13-5-4-7(6-13)10-11-8(16-12-10)2-3-9(14)15/h7H,2-6H2,1H3,(H,14,15). The second-order valence-electron chi connectivity index (χ2n) is 4.19. The molecule has 0 spiro atoms. The fourth-order valence-corrected chi connectivity index (χ4v) is 1.90. The summed E-state index contributed by atoms with van der Waals surface area (Å²) in [6.07, 6.45) is 1.38. The monoisotopic (exact) mass is 225 g/mol. The van der Waals surface area contributed by atoms with Gasteiger partial charge >= 0.3 is 5.97 Å². The molecule has 2 rings (SSSR count). The summed E-state index contributed by atoms with van der Waals surface area (Å²) in [5.74, 6) is 0.615. The summed E-state index contributed by atoms with van der Waals surface area (Å²) in [4.78, 5) is 16.8. The van der Waals surface area contributed by atoms with Crippen molar-refractivity contribution in [2.75, 3.05) is 20.1 Å². The summed E-state index contributed by atoms with van der Waals surface area (Å²) in [7, 11) is 2.06. The Morgan fingerprint density at radius 2 is 2.50 bits per heavy atom. The molecule has 0 saturated carbocycles. The average molecular weight is 225 g/mol. The third-order valence-electron chi connectivity index (χ3n) is 2.79. The van der Waals surface area contributed by atoms with Gasteiger partial charge in [-0.25, -0.2) is 0 Å². The largest absolute Gasteiger partial charge is 0.481 e. The Morgan fingerprint density at radius 1 is 1.69 bits per heavy atom. The molecule has 1 atom stereocenters. The van der Waals surface area contributed by atoms with E-state index in [0.717, 1.165) is 19.5 Å². The maximum Gasteiger partial charge on any atom is 0.303 e. The van der Waals surface area contributed by atoms with Crippen LogP contribution in [0.15, 0.2) is 4.52 Å². The Hall–Kier alpha value is -1.43. The van der Waals surface area contributed by atoms with Crippen molar-refractivity contribution in [2.24, 2.45) is 0 Å². The number of hydrogen-bond donors (Lipinski definition) is 1. The molecule has 0 aromatic carbocycles. The molecular weight excluding hydrogens is 210 g/mol. The molecule has 1 fully saturated rings. The first-order valence-electron chi connectivity index (χ1n) is 5.38. The minimum absolute atomic E-state index is 0.0339. The highest BCUT2D eigenvalue weighted by molar-refractivity contribution is 5.66. The minimum atomic E-state index is -0.847. The molecule has 1 N–H and O–H groups in total. The number of carbonyl (C=O) groups is 1. The summed E-state index contributed by atoms with van der Waals surface area (Å²) in [6.45, 7) is 1.99. The van der Waals surface area contributed by atoms with E-state index in [4.69, 9.17) is 9.63 Å². The van der Waals surface area contributed by atoms with Crippen molar-refractivity contribution in [3.05, 3.63) is 11.7 Å². The van der Waals surface area contributed by atoms with E-state index in [1.165, 1.54) is 0 Å². The summed E-state index contributed by atoms with van der Waals surface area (Å²) in [5.41, 5.74) is 0. The van der Waals surface area contributed by atoms with Crippen molar-refractivity contribution in [1.82, 2.24) is 15.0 Å². The molecule has 0 radical (unpaired) electrons. The molecule has 1 aliphatic heterocycles. The first-order chi connectivity index (χ1) is 7.65. The number of rotatable bonds is 4. The highest BCUT2D eigenvalue weighted by atomic mass is 16.5. The van der Waals surface area contributed by atoms with Gasteiger partial charge in [0, 0.05) is 18.9 Å². The smallest absolute Gasteiger partial charge is 0.303 e. The fraction of sp³-hybridized carbons (Fsp3) is 0.700. The van der Waals surface area contributed by atoms with Crippen molar-refractivity contribution < 1.29 is 14.4 Å². The number of aryl methyl sites for hydroxylation is 1. The highest BCUT2D eigenvalue weighted by Gasteiger charge is 2.25. The van der Waals surface area contributed by atoms with E-state index in [2.05, 4.69) is 22.1 Å². The lowest BCUT2D eigenvalue weighted by Gasteiger charge is -2.05. The van der Waals surface area contributed by atoms with Gasteiger partial charge in [0.15, 0.2) is 5.82 Å². The third-order valence-corrected chi connectivity index (χ3v) is 2.79. The molecule has 1 aromatic heterocycles. The molecule has 0 aliphatic carbocycles. The molecule has 6 heteroatoms. The van der Waals surface area contributed by atoms with Gasteiger partial charge in [0.2, 0.25) is 5.89 Å². The second kappa shape index (κ2) is 4.61. The maximum atomic E-state index is 10.4. The average Bonchev–Trinajstić information content (AvgIpc) is 2.83. The molecule has 2 heterocycles. The Balaban J connectivity index is 1.94. The molecule has 0 bridgehead atoms. The Labute approximate surface area is 93.2 Å². The number of likely N-dealkylation sites (tertiary alicyclic amines) is 1. The van der Waals surface area contributed by atoms with Crippen LogP contribution >= 0.6 is 0 Å². The number of aromatic nitrogens is 2. The molecule has 1 unspecified atom stereocenters. The Kier molecular flexibility index (Phi) is 3.19. The van der Waals surface area contributed by atoms with E-state index in [0.29, 0.717) is 24.1 Å². The lowest BCUT2D eigenvalue weighted by molar-refractivity contribution is -0.137. The third kappa shape index (κ3) is 2.57. The summed E-state index contributed by atoms with van der Waals surface area (Å²) in [6, 6.07) is 0. The lowest BCUT2D eigenvalue weighted by atomic mass is 10.1. The number of carboxylic acid groups (broad SMARTS) is 1. The van der Waals surface area contributed by atoms with Gasteiger partial charge in [-0.2, -0.15) is 4.98 Å². The van der Waals surface area contributed by atoms with Gasteiger partial charge in [0.25, 0.3) is 0 Å². The van der Waals surface area contributed by atoms with Crippen LogP contribution in [0.25, 0.3) is 0 Å². The van der Waals surface area contributed by atoms with Gasteiger partial charge in [0.1, 0.15) is 0 Å². The van der Waals surface area contributed by atoms with Crippen molar-refractivity contribution in [3.8, 4) is 0 Å². The number of carboxylic acids is 1. The van der Waals surface area contributed by atoms with E-state index in [1.54, 1.807) is 0 Å². The SMILES string of the molecule is CN1CCC(c2noc(CCC(=O)O)n2)C1. The van der Waals surface area contributed by atoms with E-state index < -0.39 is 5.97 Å². The van der Waals surface area contributed by atoms with Gasteiger partial charge in [0.05, 0.1) is 6.42 Å². The fourth-order valence-electron chi connectivity index (χ4n) is 1.90. The number of aliphatic carboxylic acids is 1. The van der Waals surface area contributed by atoms with Gasteiger partial charge in [-0.3, -0.25) is 4.79 Å². The first-order valence-corrected chi connectivity index (χ1v) is 5.38. The Bertz CT molecular complexity index is 377. The normalized spacial score (nSPS) is 21.4. The van der Waals surface area contributed by atoms with Gasteiger partial charge in [-0.1, -0.05) is 5.16 Å². The molecule has 6 nitrogen and oxygen atoms in total. The van der Waals surface area contributed by atoms with Crippen LogP contribution in [0.2, 0.25) is 0 Å². The van der Waals surface area contributed by atoms with Crippen LogP contribution in [0, 0.1) is 0 Å². The zero-order valence-corrected chi connectivity index (χ0v) is 9.22. The van der Waals surface area contributed by atoms with Gasteiger partial charge in [-0.15, -0.1) is 0 Å². The van der Waals surface area contributed by atoms with Crippen molar-refractivity contribution in [1.29, 1.82) is 0 Å². The van der Waals surface area contributed by atoms with Gasteiger partial charge in [-0.05, 0) is 20.0 Å². The summed E-state index contributed by atoms with van der Waals surface area (Å²) >= 11 is 0. The number of nitrogens with zero attached hydrogens (tertiary/aromatic N) is 3. The molecule has 1 saturated heterocycles. The Morgan fingerprint density at radius 3 is 3.12 bits per heavy atom. The molecule has 1 aliphatic rings. The molecule has 1 aromatic rings. The van der Waals surface area contributed by atoms with E-state index >= 15 is 0 Å². The number of hydrogen-bond acceptors (Lipinski definition) is 5. The minimum Gasteiger partial charge on any atom is -0.481 e. The van der Waals surface area contributed by atoms with Crippen LogP contribution in [0.4, 0.5) is 0 Å². The maximum absolute atomic E-state index is 10.4. The van der Waals surface area contributed by atoms with Crippen molar-refractivity contribution in [2.45, 2.75) is 25.2 Å². The quantitative estimate of drug-likeness (QED) is 0.804. The zero-order chi connectivity index (χ0) is 11.5. The molecular formula is C10H15N3O3. The van der Waals surface area contributed by atoms with Crippen LogP contribution in [0.5, 0.6) is 0 Å². The molecule has 88 valence electrons. The molecule has 0 amide bonds. The second-order valence-corrected chi connectivity index (χ2v) is 4.19. The van der Waals surface area contributed by atoms with Crippen LogP contribution in [0.3, 0.4) is 0 Å². The van der Waals surface area contributed by atoms with Gasteiger partial charge < -0.3 is 14.5 Å². The highest BCUT2D eigenvalue weighted by Crippen LogP contribution is 2.23.